The standard InChI is InChI=1S/C36H70O7/c1-6-11-12-13-14-15-16-23-34(38)40-29-33(26-37)30-41-35(39)24-17-18-25-36(42-27-31(19-7-2)20-8-3)43-28-32(21-9-4)22-10-5/h31-33,36-37H,6-30H2,1-5H3. The minimum atomic E-state index is -0.397. The van der Waals surface area contributed by atoms with Crippen LogP contribution in [-0.4, -0.2) is 56.4 Å². The molecule has 256 valence electrons. The zero-order valence-corrected chi connectivity index (χ0v) is 28.9. The van der Waals surface area contributed by atoms with Gasteiger partial charge in [-0.1, -0.05) is 98.8 Å². The molecule has 43 heavy (non-hydrogen) atoms. The lowest BCUT2D eigenvalue weighted by atomic mass is 9.99. The van der Waals surface area contributed by atoms with Crippen LogP contribution in [0, 0.1) is 17.8 Å². The molecule has 0 bridgehead atoms. The van der Waals surface area contributed by atoms with Crippen LogP contribution in [0.15, 0.2) is 0 Å². The van der Waals surface area contributed by atoms with Crippen LogP contribution in [0.1, 0.15) is 163 Å². The lowest BCUT2D eigenvalue weighted by Crippen LogP contribution is -2.25. The topological polar surface area (TPSA) is 91.3 Å². The molecule has 0 radical (unpaired) electrons. The van der Waals surface area contributed by atoms with E-state index in [-0.39, 0.29) is 38.0 Å². The molecule has 1 atom stereocenters. The van der Waals surface area contributed by atoms with Gasteiger partial charge in [0.2, 0.25) is 0 Å². The number of aliphatic hydroxyl groups is 1. The summed E-state index contributed by atoms with van der Waals surface area (Å²) in [6, 6.07) is 0. The van der Waals surface area contributed by atoms with Crippen LogP contribution in [0.5, 0.6) is 0 Å². The summed E-state index contributed by atoms with van der Waals surface area (Å²) in [7, 11) is 0. The zero-order valence-electron chi connectivity index (χ0n) is 28.9. The van der Waals surface area contributed by atoms with Crippen molar-refractivity contribution in [2.45, 2.75) is 169 Å². The third kappa shape index (κ3) is 25.8. The number of carbonyl (C=O) groups is 2. The van der Waals surface area contributed by atoms with Crippen LogP contribution in [0.2, 0.25) is 0 Å². The normalized spacial score (nSPS) is 12.4. The number of hydrogen-bond acceptors (Lipinski definition) is 7. The smallest absolute Gasteiger partial charge is 0.305 e. The summed E-state index contributed by atoms with van der Waals surface area (Å²) in [5, 5.41) is 9.65. The van der Waals surface area contributed by atoms with E-state index in [1.54, 1.807) is 0 Å². The van der Waals surface area contributed by atoms with Crippen LogP contribution in [0.25, 0.3) is 0 Å². The Morgan fingerprint density at radius 1 is 0.488 bits per heavy atom. The van der Waals surface area contributed by atoms with Gasteiger partial charge in [0.25, 0.3) is 0 Å². The second-order valence-electron chi connectivity index (χ2n) is 12.5. The maximum atomic E-state index is 12.4. The van der Waals surface area contributed by atoms with E-state index in [9.17, 15) is 14.7 Å². The van der Waals surface area contributed by atoms with Gasteiger partial charge in [0.15, 0.2) is 6.29 Å². The highest BCUT2D eigenvalue weighted by atomic mass is 16.7. The first-order valence-corrected chi connectivity index (χ1v) is 18.1. The van der Waals surface area contributed by atoms with Gasteiger partial charge in [-0.2, -0.15) is 0 Å². The van der Waals surface area contributed by atoms with Gasteiger partial charge in [-0.25, -0.2) is 0 Å². The summed E-state index contributed by atoms with van der Waals surface area (Å²) in [5.41, 5.74) is 0. The number of ether oxygens (including phenoxy) is 4. The molecule has 0 rings (SSSR count). The molecule has 0 fully saturated rings. The molecule has 1 N–H and O–H groups in total. The van der Waals surface area contributed by atoms with E-state index in [0.717, 1.165) is 71.0 Å². The third-order valence-electron chi connectivity index (χ3n) is 8.10. The second kappa shape index (κ2) is 30.8. The van der Waals surface area contributed by atoms with Crippen molar-refractivity contribution < 1.29 is 33.6 Å². The summed E-state index contributed by atoms with van der Waals surface area (Å²) >= 11 is 0. The van der Waals surface area contributed by atoms with Crippen molar-refractivity contribution in [3.05, 3.63) is 0 Å². The van der Waals surface area contributed by atoms with Crippen molar-refractivity contribution in [2.75, 3.05) is 33.0 Å². The maximum absolute atomic E-state index is 12.4. The SMILES string of the molecule is CCCCCCCCCC(=O)OCC(CO)COC(=O)CCCCC(OCC(CCC)CCC)OCC(CCC)CCC. The Labute approximate surface area is 265 Å². The summed E-state index contributed by atoms with van der Waals surface area (Å²) in [4.78, 5) is 24.4. The number of esters is 2. The Balaban J connectivity index is 4.41. The second-order valence-corrected chi connectivity index (χ2v) is 12.5. The molecule has 0 saturated carbocycles. The Morgan fingerprint density at radius 3 is 1.33 bits per heavy atom. The summed E-state index contributed by atoms with van der Waals surface area (Å²) < 4.78 is 23.3. The average Bonchev–Trinajstić information content (AvgIpc) is 3.00. The molecule has 0 saturated heterocycles. The molecule has 0 aliphatic heterocycles. The van der Waals surface area contributed by atoms with Crippen LogP contribution in [0.3, 0.4) is 0 Å². The largest absolute Gasteiger partial charge is 0.465 e. The van der Waals surface area contributed by atoms with Gasteiger partial charge in [0.1, 0.15) is 0 Å². The molecular weight excluding hydrogens is 544 g/mol. The van der Waals surface area contributed by atoms with Crippen molar-refractivity contribution in [1.82, 2.24) is 0 Å². The number of hydrogen-bond donors (Lipinski definition) is 1. The molecule has 0 aromatic heterocycles. The Bertz CT molecular complexity index is 595. The fourth-order valence-electron chi connectivity index (χ4n) is 5.48. The van der Waals surface area contributed by atoms with E-state index >= 15 is 0 Å². The molecule has 0 aliphatic rings. The van der Waals surface area contributed by atoms with Crippen molar-refractivity contribution in [1.29, 1.82) is 0 Å². The Kier molecular flexibility index (Phi) is 30.0. The number of aliphatic hydroxyl groups excluding tert-OH is 1. The number of carbonyl (C=O) groups excluding carboxylic acids is 2. The molecule has 7 heteroatoms. The van der Waals surface area contributed by atoms with Gasteiger partial charge in [-0.3, -0.25) is 9.59 Å². The molecule has 0 amide bonds. The minimum absolute atomic E-state index is 0.0569. The Morgan fingerprint density at radius 2 is 0.907 bits per heavy atom. The van der Waals surface area contributed by atoms with E-state index in [0.29, 0.717) is 31.1 Å². The summed E-state index contributed by atoms with van der Waals surface area (Å²) in [6.07, 6.45) is 20.1. The first kappa shape index (κ1) is 41.8. The van der Waals surface area contributed by atoms with E-state index in [2.05, 4.69) is 34.6 Å². The van der Waals surface area contributed by atoms with Crippen molar-refractivity contribution >= 4 is 11.9 Å². The molecule has 0 aromatic carbocycles. The molecule has 7 nitrogen and oxygen atoms in total. The van der Waals surface area contributed by atoms with Crippen molar-refractivity contribution in [2.24, 2.45) is 17.8 Å². The lowest BCUT2D eigenvalue weighted by molar-refractivity contribution is -0.163. The van der Waals surface area contributed by atoms with Crippen LogP contribution < -0.4 is 0 Å². The fourth-order valence-corrected chi connectivity index (χ4v) is 5.48. The molecule has 0 aromatic rings. The summed E-state index contributed by atoms with van der Waals surface area (Å²) in [6.45, 7) is 12.5. The highest BCUT2D eigenvalue weighted by Gasteiger charge is 2.18. The molecule has 0 spiro atoms. The fraction of sp³-hybridized carbons (Fsp3) is 0.944. The highest BCUT2D eigenvalue weighted by molar-refractivity contribution is 5.69. The van der Waals surface area contributed by atoms with Gasteiger partial charge in [0, 0.05) is 12.8 Å². The van der Waals surface area contributed by atoms with Gasteiger partial charge in [-0.05, 0) is 63.2 Å². The van der Waals surface area contributed by atoms with E-state index in [4.69, 9.17) is 18.9 Å². The first-order valence-electron chi connectivity index (χ1n) is 18.1. The Hall–Kier alpha value is -1.18. The highest BCUT2D eigenvalue weighted by Crippen LogP contribution is 2.20. The predicted octanol–water partition coefficient (Wildman–Crippen LogP) is 9.17. The predicted molar refractivity (Wildman–Crippen MR) is 176 cm³/mol. The van der Waals surface area contributed by atoms with Gasteiger partial charge in [0.05, 0.1) is 39.0 Å². The average molecular weight is 615 g/mol. The van der Waals surface area contributed by atoms with Crippen LogP contribution in [-0.2, 0) is 28.5 Å². The lowest BCUT2D eigenvalue weighted by Gasteiger charge is -2.25. The molecule has 0 heterocycles. The number of unbranched alkanes of at least 4 members (excludes halogenated alkanes) is 7. The zero-order chi connectivity index (χ0) is 32.0. The van der Waals surface area contributed by atoms with E-state index < -0.39 is 5.92 Å². The summed E-state index contributed by atoms with van der Waals surface area (Å²) in [5.74, 6) is 0.202. The van der Waals surface area contributed by atoms with Crippen LogP contribution >= 0.6 is 0 Å². The van der Waals surface area contributed by atoms with E-state index in [1.165, 1.54) is 51.4 Å². The maximum Gasteiger partial charge on any atom is 0.305 e. The van der Waals surface area contributed by atoms with Gasteiger partial charge < -0.3 is 24.1 Å². The quantitative estimate of drug-likeness (QED) is 0.0459. The minimum Gasteiger partial charge on any atom is -0.465 e. The van der Waals surface area contributed by atoms with E-state index in [1.807, 2.05) is 0 Å². The monoisotopic (exact) mass is 615 g/mol. The molecular formula is C36H70O7. The molecule has 0 aliphatic carbocycles. The van der Waals surface area contributed by atoms with Gasteiger partial charge in [-0.15, -0.1) is 0 Å². The van der Waals surface area contributed by atoms with Crippen molar-refractivity contribution in [3.8, 4) is 0 Å². The van der Waals surface area contributed by atoms with Crippen molar-refractivity contribution in [3.63, 3.8) is 0 Å². The third-order valence-corrected chi connectivity index (χ3v) is 8.10. The molecule has 1 unspecified atom stereocenters. The number of rotatable bonds is 32. The van der Waals surface area contributed by atoms with Crippen LogP contribution in [0.4, 0.5) is 0 Å². The first-order chi connectivity index (χ1) is 20.9. The van der Waals surface area contributed by atoms with Gasteiger partial charge >= 0.3 is 11.9 Å².